The zero-order valence-corrected chi connectivity index (χ0v) is 15.7. The Morgan fingerprint density at radius 3 is 2.55 bits per heavy atom. The largest absolute Gasteiger partial charge is 0.292 e. The van der Waals surface area contributed by atoms with Crippen molar-refractivity contribution in [3.63, 3.8) is 0 Å². The standard InChI is InChI=1S/C20H19N5O4/c1-2-3-12-24-20(27)17-7-5-4-6-16(17)18(23-24)19(26)22-21-13-14-8-10-15(11-9-14)25(28)29/h4-11,13H,2-3,12H2,1H3,(H,22,26)/b21-13-. The number of rotatable bonds is 7. The molecule has 0 spiro atoms. The summed E-state index contributed by atoms with van der Waals surface area (Å²) in [5.41, 5.74) is 2.82. The van der Waals surface area contributed by atoms with Crippen LogP contribution < -0.4 is 11.0 Å². The molecular formula is C20H19N5O4. The van der Waals surface area contributed by atoms with E-state index in [9.17, 15) is 19.7 Å². The van der Waals surface area contributed by atoms with Crippen molar-refractivity contribution in [2.75, 3.05) is 0 Å². The second kappa shape index (κ2) is 8.87. The van der Waals surface area contributed by atoms with Gasteiger partial charge in [-0.1, -0.05) is 31.5 Å². The average Bonchev–Trinajstić information content (AvgIpc) is 2.73. The summed E-state index contributed by atoms with van der Waals surface area (Å²) in [5.74, 6) is -0.551. The summed E-state index contributed by atoms with van der Waals surface area (Å²) in [6.07, 6.45) is 3.03. The molecule has 0 aliphatic rings. The van der Waals surface area contributed by atoms with Crippen molar-refractivity contribution in [1.29, 1.82) is 0 Å². The van der Waals surface area contributed by atoms with Crippen LogP contribution in [0, 0.1) is 10.1 Å². The van der Waals surface area contributed by atoms with Crippen LogP contribution in [0.25, 0.3) is 10.8 Å². The van der Waals surface area contributed by atoms with Crippen LogP contribution in [0.1, 0.15) is 35.8 Å². The molecule has 1 heterocycles. The van der Waals surface area contributed by atoms with Crippen molar-refractivity contribution >= 4 is 28.6 Å². The number of nitrogens with zero attached hydrogens (tertiary/aromatic N) is 4. The van der Waals surface area contributed by atoms with E-state index in [0.717, 1.165) is 12.8 Å². The van der Waals surface area contributed by atoms with Gasteiger partial charge in [-0.3, -0.25) is 19.7 Å². The lowest BCUT2D eigenvalue weighted by molar-refractivity contribution is -0.384. The van der Waals surface area contributed by atoms with E-state index in [-0.39, 0.29) is 16.9 Å². The van der Waals surface area contributed by atoms with E-state index in [1.165, 1.54) is 35.2 Å². The number of nitro benzene ring substituents is 1. The van der Waals surface area contributed by atoms with E-state index in [1.54, 1.807) is 24.3 Å². The zero-order valence-electron chi connectivity index (χ0n) is 15.7. The fourth-order valence-electron chi connectivity index (χ4n) is 2.76. The maximum Gasteiger partial charge on any atom is 0.292 e. The van der Waals surface area contributed by atoms with Gasteiger partial charge in [-0.25, -0.2) is 10.1 Å². The molecule has 0 bridgehead atoms. The minimum absolute atomic E-state index is 0.0313. The van der Waals surface area contributed by atoms with E-state index in [1.807, 2.05) is 6.92 Å². The van der Waals surface area contributed by atoms with Crippen molar-refractivity contribution < 1.29 is 9.72 Å². The summed E-state index contributed by atoms with van der Waals surface area (Å²) in [5, 5.41) is 19.7. The molecule has 2 aromatic carbocycles. The number of fused-ring (bicyclic) bond motifs is 1. The molecule has 0 aliphatic heterocycles. The van der Waals surface area contributed by atoms with E-state index < -0.39 is 10.8 Å². The number of hydrogen-bond acceptors (Lipinski definition) is 6. The van der Waals surface area contributed by atoms with Crippen LogP contribution in [0.2, 0.25) is 0 Å². The van der Waals surface area contributed by atoms with E-state index in [0.29, 0.717) is 22.9 Å². The maximum atomic E-state index is 12.6. The van der Waals surface area contributed by atoms with Gasteiger partial charge in [0, 0.05) is 24.1 Å². The third-order valence-electron chi connectivity index (χ3n) is 4.29. The molecule has 0 unspecified atom stereocenters. The Bertz CT molecular complexity index is 1140. The normalized spacial score (nSPS) is 11.1. The van der Waals surface area contributed by atoms with Gasteiger partial charge in [0.25, 0.3) is 17.2 Å². The van der Waals surface area contributed by atoms with Crippen LogP contribution in [-0.4, -0.2) is 26.8 Å². The topological polar surface area (TPSA) is 119 Å². The number of carbonyl (C=O) groups is 1. The second-order valence-corrected chi connectivity index (χ2v) is 6.32. The molecule has 1 aromatic heterocycles. The molecule has 0 aliphatic carbocycles. The highest BCUT2D eigenvalue weighted by Crippen LogP contribution is 2.14. The van der Waals surface area contributed by atoms with Gasteiger partial charge in [0.15, 0.2) is 5.69 Å². The molecule has 9 heteroatoms. The predicted octanol–water partition coefficient (Wildman–Crippen LogP) is 2.87. The van der Waals surface area contributed by atoms with Crippen LogP contribution in [0.15, 0.2) is 58.4 Å². The second-order valence-electron chi connectivity index (χ2n) is 6.32. The SMILES string of the molecule is CCCCn1nc(C(=O)N/N=C\c2ccc([N+](=O)[O-])cc2)c2ccccc2c1=O. The van der Waals surface area contributed by atoms with Crippen molar-refractivity contribution in [3.05, 3.63) is 80.3 Å². The number of nitro groups is 1. The highest BCUT2D eigenvalue weighted by molar-refractivity contribution is 6.04. The Morgan fingerprint density at radius 1 is 1.21 bits per heavy atom. The molecule has 0 fully saturated rings. The van der Waals surface area contributed by atoms with Gasteiger partial charge < -0.3 is 0 Å². The first-order valence-corrected chi connectivity index (χ1v) is 9.09. The highest BCUT2D eigenvalue weighted by Gasteiger charge is 2.16. The Hall–Kier alpha value is -3.88. The lowest BCUT2D eigenvalue weighted by atomic mass is 10.1. The summed E-state index contributed by atoms with van der Waals surface area (Å²) in [4.78, 5) is 35.4. The molecule has 1 N–H and O–H groups in total. The molecule has 3 rings (SSSR count). The molecule has 148 valence electrons. The van der Waals surface area contributed by atoms with Crippen molar-refractivity contribution in [2.45, 2.75) is 26.3 Å². The summed E-state index contributed by atoms with van der Waals surface area (Å²) in [6.45, 7) is 2.43. The molecule has 0 saturated carbocycles. The van der Waals surface area contributed by atoms with Crippen molar-refractivity contribution in [2.24, 2.45) is 5.10 Å². The number of unbranched alkanes of at least 4 members (excludes halogenated alkanes) is 1. The highest BCUT2D eigenvalue weighted by atomic mass is 16.6. The van der Waals surface area contributed by atoms with Crippen LogP contribution in [0.5, 0.6) is 0 Å². The average molecular weight is 393 g/mol. The van der Waals surface area contributed by atoms with Gasteiger partial charge in [-0.2, -0.15) is 10.2 Å². The molecular weight excluding hydrogens is 374 g/mol. The van der Waals surface area contributed by atoms with E-state index in [2.05, 4.69) is 15.6 Å². The minimum atomic E-state index is -0.551. The Morgan fingerprint density at radius 2 is 1.90 bits per heavy atom. The number of aryl methyl sites for hydroxylation is 1. The van der Waals surface area contributed by atoms with Crippen LogP contribution in [0.3, 0.4) is 0 Å². The summed E-state index contributed by atoms with van der Waals surface area (Å²) >= 11 is 0. The minimum Gasteiger partial charge on any atom is -0.267 e. The first kappa shape index (κ1) is 19.9. The van der Waals surface area contributed by atoms with Gasteiger partial charge in [-0.05, 0) is 30.2 Å². The lowest BCUT2D eigenvalue weighted by Gasteiger charge is -2.09. The summed E-state index contributed by atoms with van der Waals surface area (Å²) in [6, 6.07) is 12.5. The molecule has 1 amide bonds. The van der Waals surface area contributed by atoms with Crippen LogP contribution in [-0.2, 0) is 6.54 Å². The van der Waals surface area contributed by atoms with Gasteiger partial charge in [0.1, 0.15) is 0 Å². The van der Waals surface area contributed by atoms with E-state index in [4.69, 9.17) is 0 Å². The lowest BCUT2D eigenvalue weighted by Crippen LogP contribution is -2.29. The van der Waals surface area contributed by atoms with E-state index >= 15 is 0 Å². The first-order chi connectivity index (χ1) is 14.0. The predicted molar refractivity (Wildman–Crippen MR) is 109 cm³/mol. The molecule has 9 nitrogen and oxygen atoms in total. The number of hydrazone groups is 1. The number of carbonyl (C=O) groups excluding carboxylic acids is 1. The third-order valence-corrected chi connectivity index (χ3v) is 4.29. The Labute approximate surface area is 165 Å². The number of nitrogens with one attached hydrogen (secondary N) is 1. The van der Waals surface area contributed by atoms with Crippen LogP contribution >= 0.6 is 0 Å². The Balaban J connectivity index is 1.85. The van der Waals surface area contributed by atoms with Gasteiger partial charge in [0.05, 0.1) is 16.5 Å². The first-order valence-electron chi connectivity index (χ1n) is 9.09. The molecule has 29 heavy (non-hydrogen) atoms. The Kier molecular flexibility index (Phi) is 6.08. The zero-order chi connectivity index (χ0) is 20.8. The molecule has 3 aromatic rings. The van der Waals surface area contributed by atoms with Gasteiger partial charge in [-0.15, -0.1) is 0 Å². The van der Waals surface area contributed by atoms with Gasteiger partial charge in [0.2, 0.25) is 0 Å². The number of amides is 1. The smallest absolute Gasteiger partial charge is 0.267 e. The number of aromatic nitrogens is 2. The maximum absolute atomic E-state index is 12.6. The fourth-order valence-corrected chi connectivity index (χ4v) is 2.76. The van der Waals surface area contributed by atoms with Crippen molar-refractivity contribution in [1.82, 2.24) is 15.2 Å². The van der Waals surface area contributed by atoms with Crippen LogP contribution in [0.4, 0.5) is 5.69 Å². The molecule has 0 radical (unpaired) electrons. The quantitative estimate of drug-likeness (QED) is 0.376. The molecule has 0 atom stereocenters. The molecule has 0 saturated heterocycles. The number of benzene rings is 2. The van der Waals surface area contributed by atoms with Crippen molar-refractivity contribution in [3.8, 4) is 0 Å². The number of hydrogen-bond donors (Lipinski definition) is 1. The monoisotopic (exact) mass is 393 g/mol. The third kappa shape index (κ3) is 4.52. The number of non-ortho nitro benzene ring substituents is 1. The fraction of sp³-hybridized carbons (Fsp3) is 0.200. The summed E-state index contributed by atoms with van der Waals surface area (Å²) in [7, 11) is 0. The summed E-state index contributed by atoms with van der Waals surface area (Å²) < 4.78 is 1.31. The van der Waals surface area contributed by atoms with Gasteiger partial charge >= 0.3 is 0 Å².